The second-order valence-electron chi connectivity index (χ2n) is 6.67. The highest BCUT2D eigenvalue weighted by atomic mass is 16.6. The number of alkyl carbamates (subject to hydrolysis) is 1. The third-order valence-corrected chi connectivity index (χ3v) is 4.68. The van der Waals surface area contributed by atoms with Crippen LogP contribution in [-0.2, 0) is 16.5 Å². The molecule has 11 heteroatoms. The zero-order valence-corrected chi connectivity index (χ0v) is 15.5. The summed E-state index contributed by atoms with van der Waals surface area (Å²) in [6.07, 6.45) is -0.231. The largest absolute Gasteiger partial charge is 0.449 e. The summed E-state index contributed by atoms with van der Waals surface area (Å²) in [5.74, 6) is -0.454. The highest BCUT2D eigenvalue weighted by Gasteiger charge is 2.46. The van der Waals surface area contributed by atoms with Crippen LogP contribution in [0.4, 0.5) is 10.7 Å². The van der Waals surface area contributed by atoms with Gasteiger partial charge >= 0.3 is 11.7 Å². The minimum atomic E-state index is -0.961. The van der Waals surface area contributed by atoms with Crippen LogP contribution < -0.4 is 21.2 Å². The monoisotopic (exact) mass is 381 g/mol. The number of imidazole rings is 1. The number of H-pyrrole nitrogens is 1. The molecule has 5 N–H and O–H groups in total. The summed E-state index contributed by atoms with van der Waals surface area (Å²) in [6.45, 7) is 4.26. The molecule has 1 fully saturated rings. The van der Waals surface area contributed by atoms with Gasteiger partial charge in [0.1, 0.15) is 12.7 Å². The lowest BCUT2D eigenvalue weighted by Gasteiger charge is -2.17. The molecule has 0 spiro atoms. The Hall–Kier alpha value is -2.66. The molecule has 1 saturated heterocycles. The minimum absolute atomic E-state index is 0.00978. The van der Waals surface area contributed by atoms with Crippen LogP contribution in [0.25, 0.3) is 11.2 Å². The second-order valence-corrected chi connectivity index (χ2v) is 6.67. The van der Waals surface area contributed by atoms with Gasteiger partial charge in [0.2, 0.25) is 11.7 Å². The van der Waals surface area contributed by atoms with Crippen LogP contribution in [0.5, 0.6) is 0 Å². The smallest absolute Gasteiger partial charge is 0.407 e. The van der Waals surface area contributed by atoms with Gasteiger partial charge in [0, 0.05) is 6.54 Å². The van der Waals surface area contributed by atoms with E-state index in [-0.39, 0.29) is 24.2 Å². The van der Waals surface area contributed by atoms with Gasteiger partial charge in [-0.05, 0) is 13.3 Å². The molecule has 1 aliphatic rings. The number of aromatic amines is 1. The number of nitrogens with two attached hydrogens (primary N) is 1. The average molecular weight is 381 g/mol. The van der Waals surface area contributed by atoms with E-state index >= 15 is 0 Å². The van der Waals surface area contributed by atoms with Crippen LogP contribution in [0.3, 0.4) is 0 Å². The van der Waals surface area contributed by atoms with Crippen LogP contribution in [0.2, 0.25) is 0 Å². The Balaban J connectivity index is 1.82. The Morgan fingerprint density at radius 1 is 1.59 bits per heavy atom. The summed E-state index contributed by atoms with van der Waals surface area (Å²) in [5.41, 5.74) is 5.89. The third kappa shape index (κ3) is 3.60. The zero-order valence-electron chi connectivity index (χ0n) is 15.5. The number of amides is 1. The Morgan fingerprint density at radius 3 is 3.04 bits per heavy atom. The van der Waals surface area contributed by atoms with Gasteiger partial charge in [-0.3, -0.25) is 14.3 Å². The summed E-state index contributed by atoms with van der Waals surface area (Å²) < 4.78 is 14.2. The van der Waals surface area contributed by atoms with Gasteiger partial charge in [0.15, 0.2) is 6.33 Å². The van der Waals surface area contributed by atoms with E-state index in [4.69, 9.17) is 15.2 Å². The predicted octanol–water partition coefficient (Wildman–Crippen LogP) is -0.838. The van der Waals surface area contributed by atoms with Crippen LogP contribution >= 0.6 is 0 Å². The van der Waals surface area contributed by atoms with E-state index in [1.54, 1.807) is 29.4 Å². The van der Waals surface area contributed by atoms with Gasteiger partial charge in [0.05, 0.1) is 19.1 Å². The number of nitrogen functional groups attached to an aromatic ring is 1. The first-order chi connectivity index (χ1) is 12.8. The summed E-state index contributed by atoms with van der Waals surface area (Å²) in [6, 6.07) is 0. The molecule has 0 unspecified atom stereocenters. The van der Waals surface area contributed by atoms with Crippen LogP contribution in [-0.4, -0.2) is 51.1 Å². The number of anilines is 1. The molecule has 11 nitrogen and oxygen atoms in total. The number of carbonyl (C=O) groups is 1. The van der Waals surface area contributed by atoms with Gasteiger partial charge < -0.3 is 25.6 Å². The maximum absolute atomic E-state index is 12.1. The van der Waals surface area contributed by atoms with E-state index < -0.39 is 24.3 Å². The van der Waals surface area contributed by atoms with Gasteiger partial charge in [-0.25, -0.2) is 9.36 Å². The van der Waals surface area contributed by atoms with Gasteiger partial charge in [-0.1, -0.05) is 11.9 Å². The number of aryl methyl sites for hydroxylation is 1. The van der Waals surface area contributed by atoms with Crippen molar-refractivity contribution in [1.29, 1.82) is 0 Å². The third-order valence-electron chi connectivity index (χ3n) is 4.68. The lowest BCUT2D eigenvalue weighted by Crippen LogP contribution is -2.46. The van der Waals surface area contributed by atoms with Crippen molar-refractivity contribution in [2.75, 3.05) is 18.9 Å². The van der Waals surface area contributed by atoms with Gasteiger partial charge in [0.25, 0.3) is 11.5 Å². The Morgan fingerprint density at radius 2 is 2.33 bits per heavy atom. The normalized spacial score (nSPS) is 25.0. The standard InChI is InChI=1S/C16H24N6O5/c1-4-5-18-16(25)26-6-9-8(2)27-14(11(9)23)22-7-21(3)10-12(22)19-15(17)20-13(10)24/h7-9,11,14,23H,4-6H2,1-3H3,(H3-,17,18,19,20,24,25)/p+1/t8-,9-,11-,14-/m1/s1. The van der Waals surface area contributed by atoms with Crippen molar-refractivity contribution in [3.63, 3.8) is 0 Å². The number of carbonyl (C=O) groups excluding carboxylic acids is 1. The molecule has 0 aromatic carbocycles. The SMILES string of the molecule is CCCNC(=O)OC[C@H]1[C@@H](O)[C@H]([n+]2cn(C)c3c(=O)[nH]c(N)nc32)O[C@@H]1C. The molecule has 2 aromatic heterocycles. The van der Waals surface area contributed by atoms with E-state index in [9.17, 15) is 14.7 Å². The number of nitrogens with zero attached hydrogens (tertiary/aromatic N) is 3. The topological polar surface area (TPSA) is 148 Å². The number of rotatable bonds is 5. The fourth-order valence-electron chi connectivity index (χ4n) is 3.26. The van der Waals surface area contributed by atoms with Crippen LogP contribution in [0.1, 0.15) is 26.5 Å². The fraction of sp³-hybridized carbons (Fsp3) is 0.625. The molecule has 0 aliphatic carbocycles. The lowest BCUT2D eigenvalue weighted by molar-refractivity contribution is -0.745. The van der Waals surface area contributed by atoms with Crippen molar-refractivity contribution < 1.29 is 23.9 Å². The maximum atomic E-state index is 12.1. The Kier molecular flexibility index (Phi) is 5.33. The second kappa shape index (κ2) is 7.53. The molecule has 0 radical (unpaired) electrons. The van der Waals surface area contributed by atoms with Crippen molar-refractivity contribution >= 4 is 23.2 Å². The number of aromatic nitrogens is 4. The minimum Gasteiger partial charge on any atom is -0.449 e. The van der Waals surface area contributed by atoms with E-state index in [1.165, 1.54) is 0 Å². The van der Waals surface area contributed by atoms with Crippen molar-refractivity contribution in [1.82, 2.24) is 19.9 Å². The average Bonchev–Trinajstić information content (AvgIpc) is 3.07. The number of aliphatic hydroxyl groups is 1. The fourth-order valence-corrected chi connectivity index (χ4v) is 3.26. The first-order valence-corrected chi connectivity index (χ1v) is 8.83. The number of fused-ring (bicyclic) bond motifs is 1. The molecule has 0 saturated carbocycles. The number of hydrogen-bond donors (Lipinski definition) is 4. The number of ether oxygens (including phenoxy) is 2. The Labute approximate surface area is 155 Å². The first-order valence-electron chi connectivity index (χ1n) is 8.83. The molecule has 27 heavy (non-hydrogen) atoms. The molecule has 0 bridgehead atoms. The Bertz CT molecular complexity index is 893. The molecule has 1 amide bonds. The van der Waals surface area contributed by atoms with Crippen molar-refractivity contribution in [2.24, 2.45) is 13.0 Å². The lowest BCUT2D eigenvalue weighted by atomic mass is 10.0. The summed E-state index contributed by atoms with van der Waals surface area (Å²) in [4.78, 5) is 30.4. The first kappa shape index (κ1) is 19.1. The van der Waals surface area contributed by atoms with Crippen molar-refractivity contribution in [3.05, 3.63) is 16.7 Å². The number of hydrogen-bond acceptors (Lipinski definition) is 7. The van der Waals surface area contributed by atoms with Crippen molar-refractivity contribution in [2.45, 2.75) is 38.7 Å². The molecular formula is C16H25N6O5+. The summed E-state index contributed by atoms with van der Waals surface area (Å²) >= 11 is 0. The number of aliphatic hydroxyl groups excluding tert-OH is 1. The highest BCUT2D eigenvalue weighted by molar-refractivity contribution is 5.67. The van der Waals surface area contributed by atoms with E-state index in [0.717, 1.165) is 6.42 Å². The predicted molar refractivity (Wildman–Crippen MR) is 94.7 cm³/mol. The molecule has 4 atom stereocenters. The number of nitrogens with one attached hydrogen (secondary N) is 2. The molecule has 3 rings (SSSR count). The van der Waals surface area contributed by atoms with Crippen LogP contribution in [0.15, 0.2) is 11.1 Å². The molecule has 2 aromatic rings. The van der Waals surface area contributed by atoms with Gasteiger partial charge in [-0.2, -0.15) is 0 Å². The maximum Gasteiger partial charge on any atom is 0.407 e. The van der Waals surface area contributed by atoms with E-state index in [2.05, 4.69) is 15.3 Å². The van der Waals surface area contributed by atoms with Crippen molar-refractivity contribution in [3.8, 4) is 0 Å². The molecule has 3 heterocycles. The van der Waals surface area contributed by atoms with Gasteiger partial charge in [-0.15, -0.1) is 0 Å². The quantitative estimate of drug-likeness (QED) is 0.494. The highest BCUT2D eigenvalue weighted by Crippen LogP contribution is 2.31. The van der Waals surface area contributed by atoms with E-state index in [0.29, 0.717) is 17.7 Å². The summed E-state index contributed by atoms with van der Waals surface area (Å²) in [7, 11) is 1.69. The van der Waals surface area contributed by atoms with E-state index in [1.807, 2.05) is 6.92 Å². The molecular weight excluding hydrogens is 356 g/mol. The zero-order chi connectivity index (χ0) is 19.7. The molecule has 1 aliphatic heterocycles. The van der Waals surface area contributed by atoms with Crippen LogP contribution in [0, 0.1) is 5.92 Å². The summed E-state index contributed by atoms with van der Waals surface area (Å²) in [5, 5.41) is 13.4. The molecule has 148 valence electrons.